The third kappa shape index (κ3) is 2.07. The van der Waals surface area contributed by atoms with Crippen molar-refractivity contribution in [1.29, 1.82) is 0 Å². The summed E-state index contributed by atoms with van der Waals surface area (Å²) in [6.07, 6.45) is 0. The van der Waals surface area contributed by atoms with Crippen LogP contribution in [-0.4, -0.2) is 8.07 Å². The molecule has 2 heteroatoms. The molecule has 0 aliphatic heterocycles. The monoisotopic (exact) mass is 240 g/mol. The minimum absolute atomic E-state index is 0.830. The molecular weight excluding hydrogens is 216 g/mol. The molecule has 0 aliphatic rings. The highest BCUT2D eigenvalue weighted by molar-refractivity contribution is 7.26. The zero-order chi connectivity index (χ0) is 11.6. The molecule has 86 valence electrons. The van der Waals surface area contributed by atoms with Gasteiger partial charge in [0.1, 0.15) is 8.07 Å². The minimum Gasteiger partial charge on any atom is -0.154 e. The summed E-state index contributed by atoms with van der Waals surface area (Å²) in [5.41, 5.74) is 2.49. The van der Waals surface area contributed by atoms with Gasteiger partial charge in [0.25, 0.3) is 0 Å². The molecule has 0 saturated heterocycles. The lowest BCUT2D eigenvalue weighted by atomic mass is 10.5. The van der Waals surface area contributed by atoms with Crippen LogP contribution in [0.3, 0.4) is 0 Å². The first-order valence-electron chi connectivity index (χ1n) is 5.98. The largest absolute Gasteiger partial charge is 0.154 e. The van der Waals surface area contributed by atoms with Gasteiger partial charge in [-0.05, 0) is 26.5 Å². The molecular formula is C13H24SSi. The van der Waals surface area contributed by atoms with E-state index in [4.69, 9.17) is 0 Å². The Bertz CT molecular complexity index is 264. The van der Waals surface area contributed by atoms with E-state index in [1.54, 1.807) is 4.50 Å². The molecule has 0 bridgehead atoms. The summed E-state index contributed by atoms with van der Waals surface area (Å²) in [6, 6.07) is 4.59. The summed E-state index contributed by atoms with van der Waals surface area (Å²) in [5.74, 6) is 0. The predicted molar refractivity (Wildman–Crippen MR) is 75.0 cm³/mol. The van der Waals surface area contributed by atoms with Crippen molar-refractivity contribution in [3.8, 4) is 0 Å². The van der Waals surface area contributed by atoms with E-state index in [2.05, 4.69) is 59.1 Å². The van der Waals surface area contributed by atoms with Crippen LogP contribution >= 0.6 is 11.3 Å². The van der Waals surface area contributed by atoms with Crippen molar-refractivity contribution in [2.45, 2.75) is 58.2 Å². The molecule has 0 amide bonds. The van der Waals surface area contributed by atoms with E-state index in [9.17, 15) is 0 Å². The Hall–Kier alpha value is -0.0831. The summed E-state index contributed by atoms with van der Waals surface area (Å²) >= 11 is 1.98. The van der Waals surface area contributed by atoms with E-state index in [-0.39, 0.29) is 0 Å². The van der Waals surface area contributed by atoms with Crippen molar-refractivity contribution in [3.05, 3.63) is 17.5 Å². The highest BCUT2D eigenvalue weighted by Gasteiger charge is 2.44. The maximum absolute atomic E-state index is 2.42. The lowest BCUT2D eigenvalue weighted by molar-refractivity contribution is 0.837. The maximum atomic E-state index is 2.42. The maximum Gasteiger partial charge on any atom is 0.107 e. The Kier molecular flexibility index (Phi) is 4.18. The molecule has 1 rings (SSSR count). The van der Waals surface area contributed by atoms with E-state index in [0.717, 1.165) is 16.6 Å². The third-order valence-corrected chi connectivity index (χ3v) is 12.7. The zero-order valence-electron chi connectivity index (χ0n) is 10.9. The fourth-order valence-electron chi connectivity index (χ4n) is 3.38. The number of hydrogen-bond acceptors (Lipinski definition) is 1. The topological polar surface area (TPSA) is 0 Å². The number of rotatable bonds is 4. The lowest BCUT2D eigenvalue weighted by Crippen LogP contribution is -2.54. The van der Waals surface area contributed by atoms with Crippen LogP contribution in [0.2, 0.25) is 16.6 Å². The number of thiophene rings is 1. The molecule has 0 nitrogen and oxygen atoms in total. The van der Waals surface area contributed by atoms with Gasteiger partial charge in [-0.3, -0.25) is 0 Å². The molecule has 0 spiro atoms. The zero-order valence-corrected chi connectivity index (χ0v) is 12.7. The smallest absolute Gasteiger partial charge is 0.107 e. The van der Waals surface area contributed by atoms with Crippen LogP contribution in [0, 0.1) is 0 Å². The molecule has 0 N–H and O–H groups in total. The van der Waals surface area contributed by atoms with Gasteiger partial charge >= 0.3 is 0 Å². The molecule has 0 unspecified atom stereocenters. The van der Waals surface area contributed by atoms with Gasteiger partial charge in [-0.15, -0.1) is 0 Å². The highest BCUT2D eigenvalue weighted by atomic mass is 32.1. The van der Waals surface area contributed by atoms with Crippen molar-refractivity contribution in [2.75, 3.05) is 0 Å². The van der Waals surface area contributed by atoms with Gasteiger partial charge in [0.15, 0.2) is 0 Å². The second-order valence-corrected chi connectivity index (χ2v) is 12.6. The van der Waals surface area contributed by atoms with E-state index < -0.39 is 8.07 Å². The van der Waals surface area contributed by atoms with Gasteiger partial charge in [-0.1, -0.05) is 53.7 Å². The molecule has 1 aromatic heterocycles. The Balaban J connectivity index is 3.27. The summed E-state index contributed by atoms with van der Waals surface area (Å²) in [5, 5.41) is 2.24. The molecule has 1 aromatic rings. The van der Waals surface area contributed by atoms with Crippen LogP contribution in [0.4, 0.5) is 0 Å². The van der Waals surface area contributed by atoms with Gasteiger partial charge in [0, 0.05) is 0 Å². The molecule has 0 saturated carbocycles. The van der Waals surface area contributed by atoms with Crippen molar-refractivity contribution in [3.63, 3.8) is 0 Å². The summed E-state index contributed by atoms with van der Waals surface area (Å²) in [4.78, 5) is 0. The van der Waals surface area contributed by atoms with Crippen LogP contribution < -0.4 is 4.50 Å². The van der Waals surface area contributed by atoms with Crippen LogP contribution in [0.15, 0.2) is 17.5 Å². The van der Waals surface area contributed by atoms with Gasteiger partial charge in [-0.25, -0.2) is 0 Å². The Morgan fingerprint density at radius 3 is 1.67 bits per heavy atom. The van der Waals surface area contributed by atoms with Crippen LogP contribution in [-0.2, 0) is 0 Å². The number of hydrogen-bond donors (Lipinski definition) is 0. The molecule has 0 aromatic carbocycles. The average molecular weight is 240 g/mol. The van der Waals surface area contributed by atoms with Crippen molar-refractivity contribution in [2.24, 2.45) is 0 Å². The molecule has 15 heavy (non-hydrogen) atoms. The Morgan fingerprint density at radius 2 is 1.40 bits per heavy atom. The second-order valence-electron chi connectivity index (χ2n) is 5.37. The van der Waals surface area contributed by atoms with Crippen LogP contribution in [0.25, 0.3) is 0 Å². The van der Waals surface area contributed by atoms with Gasteiger partial charge in [0.05, 0.1) is 0 Å². The normalized spacial score (nSPS) is 13.1. The standard InChI is InChI=1S/C13H24SSi/c1-10(2)15(11(3)4,12(5)6)13-8-7-9-14-13/h7-12H,1-6H3. The Morgan fingerprint density at radius 1 is 0.933 bits per heavy atom. The molecule has 0 atom stereocenters. The molecule has 0 fully saturated rings. The van der Waals surface area contributed by atoms with Crippen molar-refractivity contribution < 1.29 is 0 Å². The molecule has 0 radical (unpaired) electrons. The first kappa shape index (κ1) is 13.0. The SMILES string of the molecule is CC(C)[Si](c1cccs1)(C(C)C)C(C)C. The minimum atomic E-state index is -1.33. The summed E-state index contributed by atoms with van der Waals surface area (Å²) in [7, 11) is -1.33. The lowest BCUT2D eigenvalue weighted by Gasteiger charge is -2.42. The predicted octanol–water partition coefficient (Wildman–Crippen LogP) is 4.63. The van der Waals surface area contributed by atoms with E-state index in [1.165, 1.54) is 0 Å². The van der Waals surface area contributed by atoms with Gasteiger partial charge in [0.2, 0.25) is 0 Å². The van der Waals surface area contributed by atoms with E-state index in [1.807, 2.05) is 11.3 Å². The first-order chi connectivity index (χ1) is 6.94. The van der Waals surface area contributed by atoms with Gasteiger partial charge < -0.3 is 0 Å². The van der Waals surface area contributed by atoms with Crippen LogP contribution in [0.5, 0.6) is 0 Å². The fraction of sp³-hybridized carbons (Fsp3) is 0.692. The van der Waals surface area contributed by atoms with Crippen LogP contribution in [0.1, 0.15) is 41.5 Å². The van der Waals surface area contributed by atoms with Crippen molar-refractivity contribution in [1.82, 2.24) is 0 Å². The second kappa shape index (κ2) is 4.83. The Labute approximate surface area is 99.7 Å². The van der Waals surface area contributed by atoms with Crippen molar-refractivity contribution >= 4 is 23.9 Å². The fourth-order valence-corrected chi connectivity index (χ4v) is 13.1. The summed E-state index contributed by atoms with van der Waals surface area (Å²) in [6.45, 7) is 14.5. The summed E-state index contributed by atoms with van der Waals surface area (Å²) < 4.78 is 1.70. The highest BCUT2D eigenvalue weighted by Crippen LogP contribution is 2.41. The average Bonchev–Trinajstić information content (AvgIpc) is 2.55. The third-order valence-electron chi connectivity index (χ3n) is 3.81. The van der Waals surface area contributed by atoms with E-state index in [0.29, 0.717) is 0 Å². The van der Waals surface area contributed by atoms with Gasteiger partial charge in [-0.2, -0.15) is 11.3 Å². The quantitative estimate of drug-likeness (QED) is 0.673. The molecule has 0 aliphatic carbocycles. The van der Waals surface area contributed by atoms with E-state index >= 15 is 0 Å². The molecule has 1 heterocycles. The first-order valence-corrected chi connectivity index (χ1v) is 9.09.